The number of nitrogens with one attached hydrogen (secondary N) is 2. The lowest BCUT2D eigenvalue weighted by Gasteiger charge is -2.19. The summed E-state index contributed by atoms with van der Waals surface area (Å²) in [4.78, 5) is 18.0. The molecular formula is C10H13BrClN3O. The van der Waals surface area contributed by atoms with Crippen LogP contribution in [0.4, 0.5) is 5.82 Å². The molecule has 0 spiro atoms. The van der Waals surface area contributed by atoms with E-state index in [2.05, 4.69) is 31.2 Å². The van der Waals surface area contributed by atoms with Crippen LogP contribution in [0.25, 0.3) is 0 Å². The molecule has 6 heteroatoms. The van der Waals surface area contributed by atoms with Gasteiger partial charge in [-0.3, -0.25) is 4.79 Å². The van der Waals surface area contributed by atoms with Crippen LogP contribution >= 0.6 is 27.5 Å². The first kappa shape index (κ1) is 11.9. The van der Waals surface area contributed by atoms with Crippen molar-refractivity contribution in [2.45, 2.75) is 25.3 Å². The summed E-state index contributed by atoms with van der Waals surface area (Å²) in [5, 5.41) is 3.29. The molecule has 2 atom stereocenters. The number of aromatic nitrogens is 2. The third-order valence-electron chi connectivity index (χ3n) is 2.98. The quantitative estimate of drug-likeness (QED) is 0.843. The van der Waals surface area contributed by atoms with E-state index in [4.69, 9.17) is 11.6 Å². The van der Waals surface area contributed by atoms with E-state index in [1.165, 1.54) is 12.7 Å². The summed E-state index contributed by atoms with van der Waals surface area (Å²) >= 11 is 9.13. The molecule has 0 amide bonds. The third-order valence-corrected chi connectivity index (χ3v) is 4.11. The summed E-state index contributed by atoms with van der Waals surface area (Å²) in [5.41, 5.74) is -0.169. The normalized spacial score (nSPS) is 24.6. The van der Waals surface area contributed by atoms with Gasteiger partial charge in [-0.2, -0.15) is 0 Å². The van der Waals surface area contributed by atoms with Crippen molar-refractivity contribution < 1.29 is 0 Å². The van der Waals surface area contributed by atoms with E-state index in [0.717, 1.165) is 12.8 Å². The highest BCUT2D eigenvalue weighted by Crippen LogP contribution is 2.29. The van der Waals surface area contributed by atoms with E-state index in [1.807, 2.05) is 0 Å². The Morgan fingerprint density at radius 3 is 3.19 bits per heavy atom. The molecule has 0 radical (unpaired) electrons. The van der Waals surface area contributed by atoms with Crippen molar-refractivity contribution in [1.29, 1.82) is 0 Å². The fourth-order valence-electron chi connectivity index (χ4n) is 2.07. The zero-order valence-corrected chi connectivity index (χ0v) is 11.0. The number of alkyl halides is 1. The first-order chi connectivity index (χ1) is 7.72. The van der Waals surface area contributed by atoms with Crippen LogP contribution in [0, 0.1) is 5.92 Å². The van der Waals surface area contributed by atoms with Crippen LogP contribution < -0.4 is 10.9 Å². The lowest BCUT2D eigenvalue weighted by atomic mass is 10.1. The SMILES string of the molecule is O=c1[nH]cnc(NC2CCCC2CCl)c1Br. The number of nitrogens with zero attached hydrogens (tertiary/aromatic N) is 1. The van der Waals surface area contributed by atoms with Crippen LogP contribution in [0.15, 0.2) is 15.6 Å². The molecule has 0 bridgehead atoms. The van der Waals surface area contributed by atoms with Crippen LogP contribution in [0.3, 0.4) is 0 Å². The maximum absolute atomic E-state index is 11.4. The average molecular weight is 307 g/mol. The van der Waals surface area contributed by atoms with Crippen molar-refractivity contribution in [2.75, 3.05) is 11.2 Å². The minimum absolute atomic E-state index is 0.169. The van der Waals surface area contributed by atoms with Gasteiger partial charge in [-0.05, 0) is 34.7 Å². The summed E-state index contributed by atoms with van der Waals surface area (Å²) in [7, 11) is 0. The molecule has 2 unspecified atom stereocenters. The largest absolute Gasteiger partial charge is 0.366 e. The Labute approximate surface area is 107 Å². The summed E-state index contributed by atoms with van der Waals surface area (Å²) in [6.07, 6.45) is 4.80. The van der Waals surface area contributed by atoms with Crippen LogP contribution in [0.2, 0.25) is 0 Å². The van der Waals surface area contributed by atoms with Gasteiger partial charge in [-0.1, -0.05) is 6.42 Å². The van der Waals surface area contributed by atoms with Gasteiger partial charge >= 0.3 is 0 Å². The molecule has 1 aromatic rings. The van der Waals surface area contributed by atoms with Crippen molar-refractivity contribution in [3.63, 3.8) is 0 Å². The van der Waals surface area contributed by atoms with E-state index in [0.29, 0.717) is 28.1 Å². The third kappa shape index (κ3) is 2.40. The lowest BCUT2D eigenvalue weighted by molar-refractivity contribution is 0.560. The van der Waals surface area contributed by atoms with E-state index in [9.17, 15) is 4.79 Å². The number of H-pyrrole nitrogens is 1. The fraction of sp³-hybridized carbons (Fsp3) is 0.600. The maximum Gasteiger partial charge on any atom is 0.267 e. The van der Waals surface area contributed by atoms with Crippen LogP contribution in [-0.4, -0.2) is 21.9 Å². The van der Waals surface area contributed by atoms with Crippen molar-refractivity contribution >= 4 is 33.3 Å². The number of aromatic amines is 1. The van der Waals surface area contributed by atoms with E-state index in [-0.39, 0.29) is 5.56 Å². The van der Waals surface area contributed by atoms with E-state index in [1.54, 1.807) is 0 Å². The van der Waals surface area contributed by atoms with Gasteiger partial charge in [-0.15, -0.1) is 11.6 Å². The average Bonchev–Trinajstić information content (AvgIpc) is 2.72. The Morgan fingerprint density at radius 1 is 1.62 bits per heavy atom. The zero-order valence-electron chi connectivity index (χ0n) is 8.67. The summed E-state index contributed by atoms with van der Waals surface area (Å²) in [6.45, 7) is 0. The van der Waals surface area contributed by atoms with E-state index < -0.39 is 0 Å². The first-order valence-corrected chi connectivity index (χ1v) is 6.61. The minimum Gasteiger partial charge on any atom is -0.366 e. The maximum atomic E-state index is 11.4. The predicted molar refractivity (Wildman–Crippen MR) is 68.0 cm³/mol. The minimum atomic E-state index is -0.169. The molecule has 1 fully saturated rings. The highest BCUT2D eigenvalue weighted by atomic mass is 79.9. The Kier molecular flexibility index (Phi) is 3.86. The van der Waals surface area contributed by atoms with Gasteiger partial charge in [0.1, 0.15) is 10.3 Å². The van der Waals surface area contributed by atoms with Crippen LogP contribution in [-0.2, 0) is 0 Å². The van der Waals surface area contributed by atoms with Gasteiger partial charge in [-0.25, -0.2) is 4.98 Å². The van der Waals surface area contributed by atoms with Crippen LogP contribution in [0.1, 0.15) is 19.3 Å². The second-order valence-electron chi connectivity index (χ2n) is 3.99. The first-order valence-electron chi connectivity index (χ1n) is 5.28. The predicted octanol–water partition coefficient (Wildman–Crippen LogP) is 2.35. The van der Waals surface area contributed by atoms with Gasteiger partial charge in [0.25, 0.3) is 5.56 Å². The molecule has 1 heterocycles. The molecule has 0 saturated heterocycles. The molecule has 0 aliphatic heterocycles. The lowest BCUT2D eigenvalue weighted by Crippen LogP contribution is -2.27. The second-order valence-corrected chi connectivity index (χ2v) is 5.09. The molecule has 1 aliphatic carbocycles. The van der Waals surface area contributed by atoms with Gasteiger partial charge in [0.05, 0.1) is 6.33 Å². The second kappa shape index (κ2) is 5.19. The Hall–Kier alpha value is -0.550. The summed E-state index contributed by atoms with van der Waals surface area (Å²) < 4.78 is 0.454. The zero-order chi connectivity index (χ0) is 11.5. The van der Waals surface area contributed by atoms with Gasteiger partial charge in [0, 0.05) is 11.9 Å². The molecular weight excluding hydrogens is 293 g/mol. The molecule has 1 saturated carbocycles. The van der Waals surface area contributed by atoms with Crippen molar-refractivity contribution in [3.05, 3.63) is 21.2 Å². The molecule has 88 valence electrons. The highest BCUT2D eigenvalue weighted by Gasteiger charge is 2.27. The van der Waals surface area contributed by atoms with Gasteiger partial charge < -0.3 is 10.3 Å². The van der Waals surface area contributed by atoms with Gasteiger partial charge in [0.15, 0.2) is 0 Å². The fourth-order valence-corrected chi connectivity index (χ4v) is 2.77. The Bertz CT molecular complexity index is 423. The van der Waals surface area contributed by atoms with Crippen LogP contribution in [0.5, 0.6) is 0 Å². The number of hydrogen-bond donors (Lipinski definition) is 2. The van der Waals surface area contributed by atoms with Gasteiger partial charge in [0.2, 0.25) is 0 Å². The number of halogens is 2. The van der Waals surface area contributed by atoms with Crippen molar-refractivity contribution in [2.24, 2.45) is 5.92 Å². The van der Waals surface area contributed by atoms with Crippen molar-refractivity contribution in [1.82, 2.24) is 9.97 Å². The monoisotopic (exact) mass is 305 g/mol. The molecule has 4 nitrogen and oxygen atoms in total. The molecule has 0 aromatic carbocycles. The number of rotatable bonds is 3. The Morgan fingerprint density at radius 2 is 2.44 bits per heavy atom. The summed E-state index contributed by atoms with van der Waals surface area (Å²) in [5.74, 6) is 1.72. The highest BCUT2D eigenvalue weighted by molar-refractivity contribution is 9.10. The molecule has 1 aromatic heterocycles. The molecule has 1 aliphatic rings. The van der Waals surface area contributed by atoms with Crippen molar-refractivity contribution in [3.8, 4) is 0 Å². The Balaban J connectivity index is 2.14. The number of anilines is 1. The number of hydrogen-bond acceptors (Lipinski definition) is 3. The van der Waals surface area contributed by atoms with E-state index >= 15 is 0 Å². The summed E-state index contributed by atoms with van der Waals surface area (Å²) in [6, 6.07) is 0.322. The standard InChI is InChI=1S/C10H13BrClN3O/c11-8-9(13-5-14-10(8)16)15-7-3-1-2-6(7)4-12/h5-7H,1-4H2,(H2,13,14,15,16). The molecule has 2 N–H and O–H groups in total. The molecule has 2 rings (SSSR count). The topological polar surface area (TPSA) is 57.8 Å². The smallest absolute Gasteiger partial charge is 0.267 e. The molecule has 16 heavy (non-hydrogen) atoms.